The maximum Gasteiger partial charge on any atom is 0.217 e. The molecule has 11 heavy (non-hydrogen) atoms. The Labute approximate surface area is 69.4 Å². The largest absolute Gasteiger partial charge is 0.354 e. The SMILES string of the molecule is CCCCC[C@@H](C)NC(C)=O. The molecule has 0 aromatic rings. The van der Waals surface area contributed by atoms with Crippen LogP contribution >= 0.6 is 0 Å². The number of carbonyl (C=O) groups is 1. The molecule has 1 amide bonds. The van der Waals surface area contributed by atoms with E-state index in [0.29, 0.717) is 6.04 Å². The van der Waals surface area contributed by atoms with E-state index in [1.165, 1.54) is 19.3 Å². The van der Waals surface area contributed by atoms with E-state index >= 15 is 0 Å². The molecule has 2 heteroatoms. The average molecular weight is 157 g/mol. The average Bonchev–Trinajstić information content (AvgIpc) is 1.86. The summed E-state index contributed by atoms with van der Waals surface area (Å²) in [5.41, 5.74) is 0. The summed E-state index contributed by atoms with van der Waals surface area (Å²) in [6, 6.07) is 0.346. The molecule has 0 spiro atoms. The lowest BCUT2D eigenvalue weighted by atomic mass is 10.1. The van der Waals surface area contributed by atoms with E-state index in [0.717, 1.165) is 6.42 Å². The summed E-state index contributed by atoms with van der Waals surface area (Å²) in [6.45, 7) is 5.80. The summed E-state index contributed by atoms with van der Waals surface area (Å²) in [5, 5.41) is 2.86. The third-order valence-corrected chi connectivity index (χ3v) is 1.69. The van der Waals surface area contributed by atoms with E-state index in [-0.39, 0.29) is 5.91 Å². The predicted octanol–water partition coefficient (Wildman–Crippen LogP) is 2.09. The van der Waals surface area contributed by atoms with Crippen molar-refractivity contribution in [1.29, 1.82) is 0 Å². The first-order chi connectivity index (χ1) is 5.16. The van der Waals surface area contributed by atoms with Crippen molar-refractivity contribution in [2.75, 3.05) is 0 Å². The summed E-state index contributed by atoms with van der Waals surface area (Å²) in [7, 11) is 0. The molecule has 0 unspecified atom stereocenters. The van der Waals surface area contributed by atoms with Gasteiger partial charge in [-0.25, -0.2) is 0 Å². The quantitative estimate of drug-likeness (QED) is 0.608. The van der Waals surface area contributed by atoms with Gasteiger partial charge in [-0.15, -0.1) is 0 Å². The highest BCUT2D eigenvalue weighted by Crippen LogP contribution is 2.02. The van der Waals surface area contributed by atoms with Crippen molar-refractivity contribution >= 4 is 5.91 Å². The van der Waals surface area contributed by atoms with E-state index in [9.17, 15) is 4.79 Å². The van der Waals surface area contributed by atoms with E-state index in [4.69, 9.17) is 0 Å². The number of carbonyl (C=O) groups excluding carboxylic acids is 1. The molecule has 1 atom stereocenters. The predicted molar refractivity (Wildman–Crippen MR) is 47.4 cm³/mol. The normalized spacial score (nSPS) is 12.6. The fourth-order valence-electron chi connectivity index (χ4n) is 1.12. The van der Waals surface area contributed by atoms with Crippen LogP contribution in [0.15, 0.2) is 0 Å². The first-order valence-electron chi connectivity index (χ1n) is 4.44. The molecule has 0 aliphatic rings. The molecule has 2 nitrogen and oxygen atoms in total. The number of amides is 1. The van der Waals surface area contributed by atoms with Crippen LogP contribution in [0.1, 0.15) is 46.5 Å². The lowest BCUT2D eigenvalue weighted by Crippen LogP contribution is -2.30. The molecule has 0 aromatic carbocycles. The van der Waals surface area contributed by atoms with Crippen LogP contribution in [0, 0.1) is 0 Å². The Morgan fingerprint density at radius 3 is 2.55 bits per heavy atom. The van der Waals surface area contributed by atoms with Gasteiger partial charge in [-0.2, -0.15) is 0 Å². The zero-order chi connectivity index (χ0) is 8.69. The molecule has 0 aromatic heterocycles. The van der Waals surface area contributed by atoms with Crippen LogP contribution in [0.2, 0.25) is 0 Å². The zero-order valence-corrected chi connectivity index (χ0v) is 7.81. The molecule has 0 radical (unpaired) electrons. The Morgan fingerprint density at radius 1 is 1.45 bits per heavy atom. The highest BCUT2D eigenvalue weighted by atomic mass is 16.1. The zero-order valence-electron chi connectivity index (χ0n) is 7.81. The monoisotopic (exact) mass is 157 g/mol. The van der Waals surface area contributed by atoms with Crippen LogP contribution in [-0.2, 0) is 4.79 Å². The van der Waals surface area contributed by atoms with Gasteiger partial charge in [0.1, 0.15) is 0 Å². The summed E-state index contributed by atoms with van der Waals surface area (Å²) in [6.07, 6.45) is 4.84. The molecule has 0 fully saturated rings. The molecule has 0 saturated heterocycles. The molecule has 0 rings (SSSR count). The van der Waals surface area contributed by atoms with E-state index in [2.05, 4.69) is 19.2 Å². The van der Waals surface area contributed by atoms with Crippen LogP contribution in [-0.4, -0.2) is 11.9 Å². The van der Waals surface area contributed by atoms with Crippen molar-refractivity contribution in [3.05, 3.63) is 0 Å². The van der Waals surface area contributed by atoms with Gasteiger partial charge in [0.05, 0.1) is 0 Å². The molecule has 0 heterocycles. The standard InChI is InChI=1S/C9H19NO/c1-4-5-6-7-8(2)10-9(3)11/h8H,4-7H2,1-3H3,(H,10,11)/t8-/m1/s1. The molecular formula is C9H19NO. The van der Waals surface area contributed by atoms with Crippen LogP contribution in [0.5, 0.6) is 0 Å². The lowest BCUT2D eigenvalue weighted by molar-refractivity contribution is -0.119. The molecule has 0 bridgehead atoms. The molecule has 0 aliphatic carbocycles. The Balaban J connectivity index is 3.22. The molecule has 0 saturated carbocycles. The topological polar surface area (TPSA) is 29.1 Å². The van der Waals surface area contributed by atoms with Crippen LogP contribution < -0.4 is 5.32 Å². The lowest BCUT2D eigenvalue weighted by Gasteiger charge is -2.10. The minimum atomic E-state index is 0.0778. The summed E-state index contributed by atoms with van der Waals surface area (Å²) >= 11 is 0. The first kappa shape index (κ1) is 10.5. The van der Waals surface area contributed by atoms with Crippen LogP contribution in [0.4, 0.5) is 0 Å². The van der Waals surface area contributed by atoms with Gasteiger partial charge in [-0.1, -0.05) is 26.2 Å². The third kappa shape index (κ3) is 7.37. The van der Waals surface area contributed by atoms with Crippen molar-refractivity contribution in [3.8, 4) is 0 Å². The van der Waals surface area contributed by atoms with Crippen molar-refractivity contribution < 1.29 is 4.79 Å². The van der Waals surface area contributed by atoms with Gasteiger partial charge in [-0.3, -0.25) is 4.79 Å². The third-order valence-electron chi connectivity index (χ3n) is 1.69. The van der Waals surface area contributed by atoms with Crippen LogP contribution in [0.3, 0.4) is 0 Å². The smallest absolute Gasteiger partial charge is 0.217 e. The van der Waals surface area contributed by atoms with Gasteiger partial charge in [0.2, 0.25) is 5.91 Å². The van der Waals surface area contributed by atoms with Gasteiger partial charge in [0.25, 0.3) is 0 Å². The minimum absolute atomic E-state index is 0.0778. The Kier molecular flexibility index (Phi) is 5.90. The second kappa shape index (κ2) is 6.20. The number of nitrogens with one attached hydrogen (secondary N) is 1. The fourth-order valence-corrected chi connectivity index (χ4v) is 1.12. The fraction of sp³-hybridized carbons (Fsp3) is 0.889. The van der Waals surface area contributed by atoms with E-state index in [1.54, 1.807) is 6.92 Å². The summed E-state index contributed by atoms with van der Waals surface area (Å²) < 4.78 is 0. The number of hydrogen-bond acceptors (Lipinski definition) is 1. The van der Waals surface area contributed by atoms with Crippen molar-refractivity contribution in [1.82, 2.24) is 5.32 Å². The minimum Gasteiger partial charge on any atom is -0.354 e. The first-order valence-corrected chi connectivity index (χ1v) is 4.44. The van der Waals surface area contributed by atoms with Gasteiger partial charge in [0.15, 0.2) is 0 Å². The second-order valence-corrected chi connectivity index (χ2v) is 3.10. The second-order valence-electron chi connectivity index (χ2n) is 3.10. The van der Waals surface area contributed by atoms with E-state index in [1.807, 2.05) is 0 Å². The molecule has 0 aliphatic heterocycles. The Morgan fingerprint density at radius 2 is 2.09 bits per heavy atom. The summed E-state index contributed by atoms with van der Waals surface area (Å²) in [5.74, 6) is 0.0778. The van der Waals surface area contributed by atoms with E-state index < -0.39 is 0 Å². The molecule has 66 valence electrons. The Bertz CT molecular complexity index is 112. The van der Waals surface area contributed by atoms with Crippen molar-refractivity contribution in [2.24, 2.45) is 0 Å². The van der Waals surface area contributed by atoms with Crippen LogP contribution in [0.25, 0.3) is 0 Å². The number of unbranched alkanes of at least 4 members (excludes halogenated alkanes) is 2. The molecular weight excluding hydrogens is 138 g/mol. The maximum atomic E-state index is 10.6. The number of hydrogen-bond donors (Lipinski definition) is 1. The summed E-state index contributed by atoms with van der Waals surface area (Å²) in [4.78, 5) is 10.6. The Hall–Kier alpha value is -0.530. The maximum absolute atomic E-state index is 10.6. The van der Waals surface area contributed by atoms with Crippen molar-refractivity contribution in [2.45, 2.75) is 52.5 Å². The van der Waals surface area contributed by atoms with Gasteiger partial charge in [-0.05, 0) is 13.3 Å². The van der Waals surface area contributed by atoms with Gasteiger partial charge in [0, 0.05) is 13.0 Å². The highest BCUT2D eigenvalue weighted by Gasteiger charge is 2.01. The van der Waals surface area contributed by atoms with Gasteiger partial charge >= 0.3 is 0 Å². The van der Waals surface area contributed by atoms with Crippen molar-refractivity contribution in [3.63, 3.8) is 0 Å². The molecule has 1 N–H and O–H groups in total. The van der Waals surface area contributed by atoms with Gasteiger partial charge < -0.3 is 5.32 Å². The number of rotatable bonds is 5. The highest BCUT2D eigenvalue weighted by molar-refractivity contribution is 5.73.